The molecule has 0 amide bonds. The fraction of sp³-hybridized carbons (Fsp3) is 0.667. The molecular weight excluding hydrogens is 190 g/mol. The molecule has 0 aromatic carbocycles. The zero-order chi connectivity index (χ0) is 10.9. The van der Waals surface area contributed by atoms with Gasteiger partial charge in [0.05, 0.1) is 6.54 Å². The maximum Gasteiger partial charge on any atom is 0.129 e. The van der Waals surface area contributed by atoms with E-state index >= 15 is 0 Å². The number of hydrogen-bond donors (Lipinski definition) is 1. The third-order valence-electron chi connectivity index (χ3n) is 3.01. The van der Waals surface area contributed by atoms with Gasteiger partial charge in [-0.05, 0) is 30.5 Å². The van der Waals surface area contributed by atoms with Crippen molar-refractivity contribution in [1.82, 2.24) is 4.90 Å². The Morgan fingerprint density at radius 3 is 2.67 bits per heavy atom. The highest BCUT2D eigenvalue weighted by molar-refractivity contribution is 5.06. The Morgan fingerprint density at radius 1 is 1.40 bits per heavy atom. The molecule has 1 fully saturated rings. The van der Waals surface area contributed by atoms with Crippen LogP contribution >= 0.6 is 0 Å². The molecule has 0 spiro atoms. The fourth-order valence-corrected chi connectivity index (χ4v) is 2.17. The summed E-state index contributed by atoms with van der Waals surface area (Å²) in [5.41, 5.74) is 0.437. The van der Waals surface area contributed by atoms with Crippen LogP contribution in [0.3, 0.4) is 0 Å². The lowest BCUT2D eigenvalue weighted by molar-refractivity contribution is 0.227. The molecule has 0 bridgehead atoms. The molecule has 1 saturated heterocycles. The van der Waals surface area contributed by atoms with Crippen LogP contribution in [0.15, 0.2) is 16.5 Å². The van der Waals surface area contributed by atoms with E-state index in [1.54, 1.807) is 0 Å². The second-order valence-electron chi connectivity index (χ2n) is 5.15. The van der Waals surface area contributed by atoms with E-state index in [-0.39, 0.29) is 6.61 Å². The van der Waals surface area contributed by atoms with E-state index in [4.69, 9.17) is 9.52 Å². The quantitative estimate of drug-likeness (QED) is 0.827. The van der Waals surface area contributed by atoms with Crippen molar-refractivity contribution in [3.63, 3.8) is 0 Å². The zero-order valence-corrected chi connectivity index (χ0v) is 9.49. The lowest BCUT2D eigenvalue weighted by Crippen LogP contribution is -2.22. The van der Waals surface area contributed by atoms with Crippen LogP contribution in [0, 0.1) is 5.41 Å². The van der Waals surface area contributed by atoms with E-state index < -0.39 is 0 Å². The number of aliphatic hydroxyl groups excluding tert-OH is 1. The Labute approximate surface area is 90.7 Å². The van der Waals surface area contributed by atoms with Crippen molar-refractivity contribution < 1.29 is 9.52 Å². The number of furan rings is 1. The van der Waals surface area contributed by atoms with E-state index in [0.717, 1.165) is 25.4 Å². The van der Waals surface area contributed by atoms with Gasteiger partial charge in [0.1, 0.15) is 18.1 Å². The van der Waals surface area contributed by atoms with Crippen LogP contribution in [0.1, 0.15) is 31.8 Å². The molecular formula is C12H19NO2. The average molecular weight is 209 g/mol. The molecule has 0 atom stereocenters. The summed E-state index contributed by atoms with van der Waals surface area (Å²) in [7, 11) is 0. The Morgan fingerprint density at radius 2 is 2.13 bits per heavy atom. The summed E-state index contributed by atoms with van der Waals surface area (Å²) in [5.74, 6) is 1.61. The van der Waals surface area contributed by atoms with Crippen LogP contribution in [0.4, 0.5) is 0 Å². The smallest absolute Gasteiger partial charge is 0.129 e. The average Bonchev–Trinajstić information content (AvgIpc) is 2.73. The van der Waals surface area contributed by atoms with Gasteiger partial charge in [-0.1, -0.05) is 13.8 Å². The molecule has 0 radical (unpaired) electrons. The Balaban J connectivity index is 1.92. The molecule has 2 heterocycles. The molecule has 1 aromatic rings. The number of likely N-dealkylation sites (tertiary alicyclic amines) is 1. The summed E-state index contributed by atoms with van der Waals surface area (Å²) in [4.78, 5) is 2.40. The van der Waals surface area contributed by atoms with Crippen molar-refractivity contribution in [3.8, 4) is 0 Å². The second kappa shape index (κ2) is 3.99. The van der Waals surface area contributed by atoms with Crippen LogP contribution in [-0.2, 0) is 13.2 Å². The minimum absolute atomic E-state index is 0.00844. The van der Waals surface area contributed by atoms with Crippen molar-refractivity contribution in [2.75, 3.05) is 13.1 Å². The van der Waals surface area contributed by atoms with Crippen LogP contribution in [0.5, 0.6) is 0 Å². The molecule has 0 aliphatic carbocycles. The maximum absolute atomic E-state index is 8.89. The first kappa shape index (κ1) is 10.7. The molecule has 0 saturated carbocycles. The van der Waals surface area contributed by atoms with Gasteiger partial charge in [-0.25, -0.2) is 0 Å². The summed E-state index contributed by atoms with van der Waals surface area (Å²) in [5, 5.41) is 8.89. The first-order chi connectivity index (χ1) is 7.09. The Bertz CT molecular complexity index is 330. The summed E-state index contributed by atoms with van der Waals surface area (Å²) in [6.07, 6.45) is 1.25. The normalized spacial score (nSPS) is 21.0. The van der Waals surface area contributed by atoms with E-state index in [0.29, 0.717) is 11.2 Å². The van der Waals surface area contributed by atoms with Gasteiger partial charge in [0, 0.05) is 6.54 Å². The monoisotopic (exact) mass is 209 g/mol. The third-order valence-corrected chi connectivity index (χ3v) is 3.01. The first-order valence-electron chi connectivity index (χ1n) is 5.50. The second-order valence-corrected chi connectivity index (χ2v) is 5.15. The molecule has 1 aromatic heterocycles. The lowest BCUT2D eigenvalue weighted by atomic mass is 9.93. The molecule has 3 nitrogen and oxygen atoms in total. The summed E-state index contributed by atoms with van der Waals surface area (Å²) < 4.78 is 5.47. The van der Waals surface area contributed by atoms with Gasteiger partial charge < -0.3 is 9.52 Å². The molecule has 84 valence electrons. The van der Waals surface area contributed by atoms with Gasteiger partial charge >= 0.3 is 0 Å². The van der Waals surface area contributed by atoms with Crippen LogP contribution in [-0.4, -0.2) is 23.1 Å². The van der Waals surface area contributed by atoms with Crippen molar-refractivity contribution in [2.45, 2.75) is 33.4 Å². The van der Waals surface area contributed by atoms with Gasteiger partial charge in [0.2, 0.25) is 0 Å². The predicted octanol–water partition coefficient (Wildman–Crippen LogP) is 2.00. The van der Waals surface area contributed by atoms with Crippen LogP contribution < -0.4 is 0 Å². The molecule has 1 aliphatic heterocycles. The molecule has 3 heteroatoms. The SMILES string of the molecule is CC1(C)CCN(Cc2ccc(CO)o2)C1. The van der Waals surface area contributed by atoms with E-state index in [1.165, 1.54) is 6.42 Å². The highest BCUT2D eigenvalue weighted by atomic mass is 16.4. The minimum atomic E-state index is -0.00844. The minimum Gasteiger partial charge on any atom is -0.462 e. The Kier molecular flexibility index (Phi) is 2.85. The van der Waals surface area contributed by atoms with Crippen LogP contribution in [0.2, 0.25) is 0 Å². The lowest BCUT2D eigenvalue weighted by Gasteiger charge is -2.18. The highest BCUT2D eigenvalue weighted by Crippen LogP contribution is 2.29. The number of rotatable bonds is 3. The molecule has 1 N–H and O–H groups in total. The fourth-order valence-electron chi connectivity index (χ4n) is 2.17. The van der Waals surface area contributed by atoms with E-state index in [9.17, 15) is 0 Å². The number of hydrogen-bond acceptors (Lipinski definition) is 3. The predicted molar refractivity (Wildman–Crippen MR) is 58.3 cm³/mol. The summed E-state index contributed by atoms with van der Waals surface area (Å²) in [6.45, 7) is 7.72. The van der Waals surface area contributed by atoms with Gasteiger partial charge in [-0.15, -0.1) is 0 Å². The zero-order valence-electron chi connectivity index (χ0n) is 9.49. The van der Waals surface area contributed by atoms with Crippen LogP contribution in [0.25, 0.3) is 0 Å². The number of nitrogens with zero attached hydrogens (tertiary/aromatic N) is 1. The van der Waals surface area contributed by atoms with E-state index in [1.807, 2.05) is 12.1 Å². The Hall–Kier alpha value is -0.800. The summed E-state index contributed by atoms with van der Waals surface area (Å²) in [6, 6.07) is 3.80. The largest absolute Gasteiger partial charge is 0.462 e. The molecule has 0 unspecified atom stereocenters. The number of aliphatic hydroxyl groups is 1. The van der Waals surface area contributed by atoms with Gasteiger partial charge in [-0.3, -0.25) is 4.90 Å². The standard InChI is InChI=1S/C12H19NO2/c1-12(2)5-6-13(9-12)7-10-3-4-11(8-14)15-10/h3-4,14H,5-9H2,1-2H3. The molecule has 2 rings (SSSR count). The first-order valence-corrected chi connectivity index (χ1v) is 5.50. The van der Waals surface area contributed by atoms with Gasteiger partial charge in [-0.2, -0.15) is 0 Å². The van der Waals surface area contributed by atoms with Crippen molar-refractivity contribution in [1.29, 1.82) is 0 Å². The molecule has 1 aliphatic rings. The summed E-state index contributed by atoms with van der Waals surface area (Å²) >= 11 is 0. The molecule has 15 heavy (non-hydrogen) atoms. The van der Waals surface area contributed by atoms with Crippen molar-refractivity contribution in [2.24, 2.45) is 5.41 Å². The van der Waals surface area contributed by atoms with Gasteiger partial charge in [0.15, 0.2) is 0 Å². The maximum atomic E-state index is 8.89. The third kappa shape index (κ3) is 2.61. The van der Waals surface area contributed by atoms with Crippen molar-refractivity contribution in [3.05, 3.63) is 23.7 Å². The highest BCUT2D eigenvalue weighted by Gasteiger charge is 2.29. The van der Waals surface area contributed by atoms with E-state index in [2.05, 4.69) is 18.7 Å². The van der Waals surface area contributed by atoms with Crippen molar-refractivity contribution >= 4 is 0 Å². The van der Waals surface area contributed by atoms with Gasteiger partial charge in [0.25, 0.3) is 0 Å². The topological polar surface area (TPSA) is 36.6 Å².